The normalized spacial score (nSPS) is 10.1. The van der Waals surface area contributed by atoms with Gasteiger partial charge in [-0.05, 0) is 19.1 Å². The van der Waals surface area contributed by atoms with Crippen molar-refractivity contribution in [3.05, 3.63) is 54.0 Å². The third-order valence-electron chi connectivity index (χ3n) is 2.47. The Bertz CT molecular complexity index is 499. The molecule has 0 amide bonds. The zero-order chi connectivity index (χ0) is 12.8. The fraction of sp³-hybridized carbons (Fsp3) is 0.214. The molecular formula is C14H15FN2O. The second kappa shape index (κ2) is 6.00. The molecule has 0 aliphatic rings. The van der Waals surface area contributed by atoms with E-state index in [0.29, 0.717) is 24.6 Å². The van der Waals surface area contributed by atoms with Crippen LogP contribution in [0.3, 0.4) is 0 Å². The fourth-order valence-electron chi connectivity index (χ4n) is 1.56. The third kappa shape index (κ3) is 3.20. The lowest BCUT2D eigenvalue weighted by atomic mass is 10.2. The summed E-state index contributed by atoms with van der Waals surface area (Å²) in [6.07, 6.45) is 1.67. The molecule has 0 atom stereocenters. The Labute approximate surface area is 106 Å². The van der Waals surface area contributed by atoms with Gasteiger partial charge < -0.3 is 10.1 Å². The number of ether oxygens (including phenoxy) is 1. The van der Waals surface area contributed by atoms with Gasteiger partial charge in [0, 0.05) is 18.2 Å². The molecule has 0 bridgehead atoms. The number of halogens is 1. The highest BCUT2D eigenvalue weighted by Gasteiger charge is 2.00. The SMILES string of the molecule is CCOc1ccc(NCc2ccccc2F)cn1. The summed E-state index contributed by atoms with van der Waals surface area (Å²) in [5, 5.41) is 3.11. The number of rotatable bonds is 5. The van der Waals surface area contributed by atoms with E-state index in [9.17, 15) is 4.39 Å². The molecule has 0 saturated carbocycles. The minimum Gasteiger partial charge on any atom is -0.478 e. The van der Waals surface area contributed by atoms with Crippen molar-refractivity contribution in [3.8, 4) is 5.88 Å². The van der Waals surface area contributed by atoms with Gasteiger partial charge in [-0.2, -0.15) is 0 Å². The molecule has 0 aliphatic carbocycles. The van der Waals surface area contributed by atoms with Crippen LogP contribution in [0.1, 0.15) is 12.5 Å². The highest BCUT2D eigenvalue weighted by Crippen LogP contribution is 2.13. The number of nitrogens with one attached hydrogen (secondary N) is 1. The fourth-order valence-corrected chi connectivity index (χ4v) is 1.56. The van der Waals surface area contributed by atoms with Gasteiger partial charge in [-0.1, -0.05) is 18.2 Å². The van der Waals surface area contributed by atoms with Gasteiger partial charge in [0.1, 0.15) is 5.82 Å². The van der Waals surface area contributed by atoms with Crippen LogP contribution in [-0.4, -0.2) is 11.6 Å². The van der Waals surface area contributed by atoms with Gasteiger partial charge in [0.05, 0.1) is 18.5 Å². The Morgan fingerprint density at radius 3 is 2.72 bits per heavy atom. The van der Waals surface area contributed by atoms with Crippen molar-refractivity contribution in [2.75, 3.05) is 11.9 Å². The molecule has 2 rings (SSSR count). The molecule has 1 heterocycles. The number of hydrogen-bond donors (Lipinski definition) is 1. The van der Waals surface area contributed by atoms with Crippen LogP contribution in [0.2, 0.25) is 0 Å². The van der Waals surface area contributed by atoms with Crippen LogP contribution in [0.5, 0.6) is 5.88 Å². The summed E-state index contributed by atoms with van der Waals surface area (Å²) < 4.78 is 18.6. The lowest BCUT2D eigenvalue weighted by molar-refractivity contribution is 0.327. The first-order chi connectivity index (χ1) is 8.79. The molecule has 3 nitrogen and oxygen atoms in total. The number of hydrogen-bond acceptors (Lipinski definition) is 3. The second-order valence-corrected chi connectivity index (χ2v) is 3.76. The van der Waals surface area contributed by atoms with Gasteiger partial charge in [0.15, 0.2) is 0 Å². The Morgan fingerprint density at radius 2 is 2.06 bits per heavy atom. The van der Waals surface area contributed by atoms with E-state index in [1.54, 1.807) is 24.4 Å². The van der Waals surface area contributed by atoms with E-state index >= 15 is 0 Å². The number of nitrogens with zero attached hydrogens (tertiary/aromatic N) is 1. The van der Waals surface area contributed by atoms with Crippen molar-refractivity contribution in [3.63, 3.8) is 0 Å². The molecule has 0 radical (unpaired) electrons. The van der Waals surface area contributed by atoms with Crippen LogP contribution in [0.15, 0.2) is 42.6 Å². The quantitative estimate of drug-likeness (QED) is 0.879. The van der Waals surface area contributed by atoms with E-state index in [2.05, 4.69) is 10.3 Å². The van der Waals surface area contributed by atoms with E-state index in [4.69, 9.17) is 4.74 Å². The first-order valence-electron chi connectivity index (χ1n) is 5.85. The first-order valence-corrected chi connectivity index (χ1v) is 5.85. The number of aromatic nitrogens is 1. The van der Waals surface area contributed by atoms with Gasteiger partial charge in [0.2, 0.25) is 5.88 Å². The minimum atomic E-state index is -0.205. The molecule has 1 aromatic heterocycles. The smallest absolute Gasteiger partial charge is 0.213 e. The molecule has 1 aromatic carbocycles. The zero-order valence-corrected chi connectivity index (χ0v) is 10.2. The van der Waals surface area contributed by atoms with Crippen LogP contribution in [0.4, 0.5) is 10.1 Å². The van der Waals surface area contributed by atoms with E-state index in [1.165, 1.54) is 6.07 Å². The van der Waals surface area contributed by atoms with Crippen LogP contribution >= 0.6 is 0 Å². The Kier molecular flexibility index (Phi) is 4.12. The average molecular weight is 246 g/mol. The van der Waals surface area contributed by atoms with Crippen molar-refractivity contribution in [1.82, 2.24) is 4.98 Å². The molecule has 0 spiro atoms. The summed E-state index contributed by atoms with van der Waals surface area (Å²) in [6, 6.07) is 10.3. The largest absolute Gasteiger partial charge is 0.478 e. The van der Waals surface area contributed by atoms with Crippen LogP contribution < -0.4 is 10.1 Å². The Morgan fingerprint density at radius 1 is 1.22 bits per heavy atom. The Balaban J connectivity index is 1.96. The molecule has 4 heteroatoms. The molecule has 2 aromatic rings. The molecule has 0 fully saturated rings. The van der Waals surface area contributed by atoms with Crippen molar-refractivity contribution in [2.24, 2.45) is 0 Å². The maximum Gasteiger partial charge on any atom is 0.213 e. The van der Waals surface area contributed by atoms with Gasteiger partial charge >= 0.3 is 0 Å². The maximum absolute atomic E-state index is 13.4. The highest BCUT2D eigenvalue weighted by molar-refractivity contribution is 5.42. The van der Waals surface area contributed by atoms with Crippen LogP contribution in [0.25, 0.3) is 0 Å². The summed E-state index contributed by atoms with van der Waals surface area (Å²) in [7, 11) is 0. The highest BCUT2D eigenvalue weighted by atomic mass is 19.1. The summed E-state index contributed by atoms with van der Waals surface area (Å²) in [4.78, 5) is 4.12. The predicted molar refractivity (Wildman–Crippen MR) is 69.1 cm³/mol. The summed E-state index contributed by atoms with van der Waals surface area (Å²) in [6.45, 7) is 2.93. The summed E-state index contributed by atoms with van der Waals surface area (Å²) in [5.74, 6) is 0.387. The maximum atomic E-state index is 13.4. The van der Waals surface area contributed by atoms with Crippen LogP contribution in [-0.2, 0) is 6.54 Å². The zero-order valence-electron chi connectivity index (χ0n) is 10.2. The molecular weight excluding hydrogens is 231 g/mol. The molecule has 0 saturated heterocycles. The summed E-state index contributed by atoms with van der Waals surface area (Å²) in [5.41, 5.74) is 1.47. The monoisotopic (exact) mass is 246 g/mol. The van der Waals surface area contributed by atoms with Gasteiger partial charge in [-0.25, -0.2) is 9.37 Å². The molecule has 18 heavy (non-hydrogen) atoms. The van der Waals surface area contributed by atoms with Crippen molar-refractivity contribution in [2.45, 2.75) is 13.5 Å². The lowest BCUT2D eigenvalue weighted by Crippen LogP contribution is -2.02. The van der Waals surface area contributed by atoms with Gasteiger partial charge in [0.25, 0.3) is 0 Å². The first kappa shape index (κ1) is 12.4. The molecule has 0 aliphatic heterocycles. The van der Waals surface area contributed by atoms with Crippen molar-refractivity contribution >= 4 is 5.69 Å². The average Bonchev–Trinajstić information content (AvgIpc) is 2.40. The molecule has 0 unspecified atom stereocenters. The molecule has 94 valence electrons. The van der Waals surface area contributed by atoms with Crippen LogP contribution in [0, 0.1) is 5.82 Å². The van der Waals surface area contributed by atoms with Gasteiger partial charge in [-0.15, -0.1) is 0 Å². The lowest BCUT2D eigenvalue weighted by Gasteiger charge is -2.08. The summed E-state index contributed by atoms with van der Waals surface area (Å²) >= 11 is 0. The topological polar surface area (TPSA) is 34.1 Å². The standard InChI is InChI=1S/C14H15FN2O/c1-2-18-14-8-7-12(10-17-14)16-9-11-5-3-4-6-13(11)15/h3-8,10,16H,2,9H2,1H3. The number of anilines is 1. The van der Waals surface area contributed by atoms with E-state index < -0.39 is 0 Å². The van der Waals surface area contributed by atoms with Crippen molar-refractivity contribution in [1.29, 1.82) is 0 Å². The van der Waals surface area contributed by atoms with E-state index in [1.807, 2.05) is 19.1 Å². The van der Waals surface area contributed by atoms with Crippen molar-refractivity contribution < 1.29 is 9.13 Å². The van der Waals surface area contributed by atoms with E-state index in [-0.39, 0.29) is 5.82 Å². The molecule has 1 N–H and O–H groups in total. The second-order valence-electron chi connectivity index (χ2n) is 3.76. The number of pyridine rings is 1. The number of benzene rings is 1. The third-order valence-corrected chi connectivity index (χ3v) is 2.47. The van der Waals surface area contributed by atoms with Gasteiger partial charge in [-0.3, -0.25) is 0 Å². The predicted octanol–water partition coefficient (Wildman–Crippen LogP) is 3.23. The Hall–Kier alpha value is -2.10. The van der Waals surface area contributed by atoms with E-state index in [0.717, 1.165) is 5.69 Å². The minimum absolute atomic E-state index is 0.205.